The normalized spacial score (nSPS) is 11.7. The predicted octanol–water partition coefficient (Wildman–Crippen LogP) is -0.561. The Bertz CT molecular complexity index is 191. The van der Waals surface area contributed by atoms with E-state index >= 15 is 0 Å². The molecule has 1 amide bonds. The minimum absolute atomic E-state index is 0.302. The van der Waals surface area contributed by atoms with Crippen LogP contribution < -0.4 is 5.32 Å². The molecule has 0 spiro atoms. The second kappa shape index (κ2) is 11.5. The van der Waals surface area contributed by atoms with Gasteiger partial charge in [-0.05, 0) is 18.4 Å². The van der Waals surface area contributed by atoms with Crippen molar-refractivity contribution in [1.82, 2.24) is 5.32 Å². The Morgan fingerprint density at radius 3 is 2.27 bits per heavy atom. The van der Waals surface area contributed by atoms with Gasteiger partial charge in [-0.15, -0.1) is 0 Å². The molecule has 0 aliphatic heterocycles. The fourth-order valence-corrected chi connectivity index (χ4v) is 1.21. The second-order valence-electron chi connectivity index (χ2n) is 2.69. The summed E-state index contributed by atoms with van der Waals surface area (Å²) < 4.78 is 0. The van der Waals surface area contributed by atoms with Gasteiger partial charge in [-0.25, -0.2) is 4.79 Å². The maximum absolute atomic E-state index is 10.5. The number of amides is 1. The van der Waals surface area contributed by atoms with E-state index in [2.05, 4.69) is 5.32 Å². The zero-order valence-electron chi connectivity index (χ0n) is 9.32. The van der Waals surface area contributed by atoms with E-state index in [-0.39, 0.29) is 5.91 Å². The van der Waals surface area contributed by atoms with Crippen LogP contribution in [-0.2, 0) is 9.59 Å². The van der Waals surface area contributed by atoms with Crippen LogP contribution in [0.4, 0.5) is 0 Å². The smallest absolute Gasteiger partial charge is 0.326 e. The first-order valence-electron chi connectivity index (χ1n) is 4.59. The van der Waals surface area contributed by atoms with Gasteiger partial charge in [0.05, 0.1) is 0 Å². The highest BCUT2D eigenvalue weighted by Gasteiger charge is 2.16. The quantitative estimate of drug-likeness (QED) is 0.572. The molecule has 0 unspecified atom stereocenters. The second-order valence-corrected chi connectivity index (χ2v) is 4.31. The molecule has 0 bridgehead atoms. The highest BCUT2D eigenvalue weighted by molar-refractivity contribution is 7.98. The van der Waals surface area contributed by atoms with E-state index in [9.17, 15) is 9.59 Å². The molecule has 0 aromatic carbocycles. The van der Waals surface area contributed by atoms with Gasteiger partial charge >= 0.3 is 5.97 Å². The maximum atomic E-state index is 10.5. The van der Waals surface area contributed by atoms with Gasteiger partial charge in [0.2, 0.25) is 5.91 Å². The molecule has 5 nitrogen and oxygen atoms in total. The van der Waals surface area contributed by atoms with Crippen LogP contribution in [0.5, 0.6) is 0 Å². The van der Waals surface area contributed by atoms with Crippen LogP contribution in [0.25, 0.3) is 0 Å². The first kappa shape index (κ1) is 16.9. The van der Waals surface area contributed by atoms with Crippen LogP contribution in [0.2, 0.25) is 6.55 Å². The molecule has 0 radical (unpaired) electrons. The molecule has 0 rings (SSSR count). The molecule has 0 aromatic rings. The molecule has 1 atom stereocenters. The highest BCUT2D eigenvalue weighted by Crippen LogP contribution is 2.00. The van der Waals surface area contributed by atoms with Gasteiger partial charge in [0.1, 0.15) is 6.04 Å². The molecule has 0 aromatic heterocycles. The number of carboxylic acids is 1. The number of hydrogen-bond acceptors (Lipinski definition) is 4. The van der Waals surface area contributed by atoms with Gasteiger partial charge in [0.25, 0.3) is 0 Å². The Hall–Kier alpha value is -0.533. The average molecular weight is 253 g/mol. The summed E-state index contributed by atoms with van der Waals surface area (Å²) in [6.07, 6.45) is 2.36. The van der Waals surface area contributed by atoms with E-state index in [0.717, 1.165) is 5.75 Å². The third-order valence-corrected chi connectivity index (χ3v) is 1.93. The molecule has 0 saturated carbocycles. The van der Waals surface area contributed by atoms with Gasteiger partial charge in [-0.3, -0.25) is 4.79 Å². The molecule has 7 heteroatoms. The number of rotatable bonds is 5. The number of aliphatic carboxylic acids is 1. The van der Waals surface area contributed by atoms with Crippen molar-refractivity contribution in [3.63, 3.8) is 0 Å². The van der Waals surface area contributed by atoms with Crippen molar-refractivity contribution in [3.8, 4) is 0 Å². The Labute approximate surface area is 96.6 Å². The Morgan fingerprint density at radius 2 is 2.00 bits per heavy atom. The number of carboxylic acid groups (broad SMARTS) is 1. The van der Waals surface area contributed by atoms with Crippen LogP contribution in [0.3, 0.4) is 0 Å². The standard InChI is InChI=1S/C7H13NO3S.CH6OSi/c1-5(9)8-6(7(10)11)3-4-12-2;1-3-2/h6H,3-4H2,1-2H3,(H,8,9)(H,10,11);2H,3H2,1H3/t6-;/m0./s1. The van der Waals surface area contributed by atoms with Crippen molar-refractivity contribution >= 4 is 33.4 Å². The summed E-state index contributed by atoms with van der Waals surface area (Å²) >= 11 is 1.56. The number of nitrogens with one attached hydrogen (secondary N) is 1. The van der Waals surface area contributed by atoms with Gasteiger partial charge in [-0.2, -0.15) is 11.8 Å². The summed E-state index contributed by atoms with van der Waals surface area (Å²) in [5.41, 5.74) is 0. The van der Waals surface area contributed by atoms with Crippen LogP contribution >= 0.6 is 11.8 Å². The summed E-state index contributed by atoms with van der Waals surface area (Å²) in [6, 6.07) is -0.741. The van der Waals surface area contributed by atoms with E-state index in [1.807, 2.05) is 12.8 Å². The van der Waals surface area contributed by atoms with Crippen LogP contribution in [0, 0.1) is 0 Å². The number of hydrogen-bond donors (Lipinski definition) is 3. The van der Waals surface area contributed by atoms with Crippen molar-refractivity contribution in [3.05, 3.63) is 0 Å². The van der Waals surface area contributed by atoms with E-state index < -0.39 is 21.8 Å². The van der Waals surface area contributed by atoms with Crippen molar-refractivity contribution in [2.24, 2.45) is 0 Å². The Balaban J connectivity index is 0. The molecule has 3 N–H and O–H groups in total. The topological polar surface area (TPSA) is 86.6 Å². The molecule has 0 saturated heterocycles. The van der Waals surface area contributed by atoms with E-state index in [0.29, 0.717) is 6.42 Å². The molecular formula is C8H19NO4SSi. The maximum Gasteiger partial charge on any atom is 0.326 e. The van der Waals surface area contributed by atoms with Crippen molar-refractivity contribution in [2.45, 2.75) is 25.9 Å². The van der Waals surface area contributed by atoms with E-state index in [4.69, 9.17) is 9.90 Å². The van der Waals surface area contributed by atoms with E-state index in [1.54, 1.807) is 11.8 Å². The molecule has 0 aliphatic carbocycles. The summed E-state index contributed by atoms with van der Waals surface area (Å²) in [4.78, 5) is 28.8. The zero-order chi connectivity index (χ0) is 12.3. The van der Waals surface area contributed by atoms with Crippen molar-refractivity contribution in [2.75, 3.05) is 12.0 Å². The van der Waals surface area contributed by atoms with Gasteiger partial charge in [-0.1, -0.05) is 6.55 Å². The number of carbonyl (C=O) groups is 2. The lowest BCUT2D eigenvalue weighted by molar-refractivity contribution is -0.141. The zero-order valence-corrected chi connectivity index (χ0v) is 11.5. The van der Waals surface area contributed by atoms with Crippen LogP contribution in [-0.4, -0.2) is 49.6 Å². The fourth-order valence-electron chi connectivity index (χ4n) is 0.738. The predicted molar refractivity (Wildman–Crippen MR) is 64.9 cm³/mol. The molecule has 90 valence electrons. The van der Waals surface area contributed by atoms with E-state index in [1.165, 1.54) is 6.92 Å². The lowest BCUT2D eigenvalue weighted by atomic mass is 10.2. The number of carbonyl (C=O) groups excluding carboxylic acids is 1. The first-order valence-corrected chi connectivity index (χ1v) is 8.03. The molecule has 0 heterocycles. The third-order valence-electron chi connectivity index (χ3n) is 1.29. The number of thioether (sulfide) groups is 1. The Morgan fingerprint density at radius 1 is 1.53 bits per heavy atom. The third kappa shape index (κ3) is 13.5. The molecule has 0 fully saturated rings. The minimum atomic E-state index is -0.973. The van der Waals surface area contributed by atoms with Gasteiger partial charge in [0, 0.05) is 6.92 Å². The summed E-state index contributed by atoms with van der Waals surface area (Å²) in [5.74, 6) is -0.542. The lowest BCUT2D eigenvalue weighted by Gasteiger charge is -2.11. The monoisotopic (exact) mass is 253 g/mol. The first-order chi connectivity index (χ1) is 6.99. The minimum Gasteiger partial charge on any atom is -0.480 e. The van der Waals surface area contributed by atoms with Crippen LogP contribution in [0.15, 0.2) is 0 Å². The largest absolute Gasteiger partial charge is 0.480 e. The SMILES string of the molecule is CSCC[C@H](NC(C)=O)C(=O)O.C[SiH2]O. The summed E-state index contributed by atoms with van der Waals surface area (Å²) in [6.45, 7) is 3.13. The molecule has 15 heavy (non-hydrogen) atoms. The van der Waals surface area contributed by atoms with Gasteiger partial charge < -0.3 is 15.2 Å². The van der Waals surface area contributed by atoms with Crippen LogP contribution in [0.1, 0.15) is 13.3 Å². The highest BCUT2D eigenvalue weighted by atomic mass is 32.2. The summed E-state index contributed by atoms with van der Waals surface area (Å²) in [5, 5.41) is 11.0. The molecular weight excluding hydrogens is 234 g/mol. The molecule has 0 aliphatic rings. The Kier molecular flexibility index (Phi) is 13.0. The van der Waals surface area contributed by atoms with Crippen molar-refractivity contribution in [1.29, 1.82) is 0 Å². The van der Waals surface area contributed by atoms with Gasteiger partial charge in [0.15, 0.2) is 9.76 Å². The lowest BCUT2D eigenvalue weighted by Crippen LogP contribution is -2.39. The fraction of sp³-hybridized carbons (Fsp3) is 0.750. The van der Waals surface area contributed by atoms with Crippen molar-refractivity contribution < 1.29 is 19.5 Å². The average Bonchev–Trinajstić information content (AvgIpc) is 2.12. The summed E-state index contributed by atoms with van der Waals surface area (Å²) in [7, 11) is -0.583.